The summed E-state index contributed by atoms with van der Waals surface area (Å²) in [6.07, 6.45) is 15.7. The summed E-state index contributed by atoms with van der Waals surface area (Å²) < 4.78 is 35.2. The van der Waals surface area contributed by atoms with E-state index in [2.05, 4.69) is 11.1 Å². The largest absolute Gasteiger partial charge is 0.725 e. The van der Waals surface area contributed by atoms with Gasteiger partial charge in [0.1, 0.15) is 0 Å². The summed E-state index contributed by atoms with van der Waals surface area (Å²) in [5, 5.41) is 0. The standard InChI is InChI=1S/C16H35NO4S/c1-3-4-5-6-7-8-9-10-11-12-13-14-15-17(2)16-21-22(18,19)20/h3-16H2,1-2H3,(H,18,19,20). The molecule has 0 heterocycles. The van der Waals surface area contributed by atoms with Gasteiger partial charge in [-0.1, -0.05) is 71.1 Å². The highest BCUT2D eigenvalue weighted by Gasteiger charge is 2.04. The Morgan fingerprint density at radius 1 is 0.818 bits per heavy atom. The lowest BCUT2D eigenvalue weighted by Crippen LogP contribution is -3.09. The first-order chi connectivity index (χ1) is 10.5. The van der Waals surface area contributed by atoms with Crippen molar-refractivity contribution in [3.63, 3.8) is 0 Å². The molecule has 6 heteroatoms. The Morgan fingerprint density at radius 3 is 1.64 bits per heavy atom. The van der Waals surface area contributed by atoms with E-state index in [1.54, 1.807) is 0 Å². The van der Waals surface area contributed by atoms with Crippen molar-refractivity contribution in [3.8, 4) is 0 Å². The van der Waals surface area contributed by atoms with Crippen molar-refractivity contribution >= 4 is 10.4 Å². The molecular weight excluding hydrogens is 302 g/mol. The molecule has 0 saturated heterocycles. The second-order valence-corrected chi connectivity index (χ2v) is 7.32. The van der Waals surface area contributed by atoms with Crippen molar-refractivity contribution in [2.45, 2.75) is 84.0 Å². The Morgan fingerprint density at radius 2 is 1.23 bits per heavy atom. The summed E-state index contributed by atoms with van der Waals surface area (Å²) in [5.74, 6) is 0. The lowest BCUT2D eigenvalue weighted by molar-refractivity contribution is -0.896. The molecule has 0 aliphatic rings. The molecule has 5 nitrogen and oxygen atoms in total. The van der Waals surface area contributed by atoms with Gasteiger partial charge in [-0.25, -0.2) is 12.6 Å². The molecule has 22 heavy (non-hydrogen) atoms. The third-order valence-corrected chi connectivity index (χ3v) is 4.31. The zero-order valence-corrected chi connectivity index (χ0v) is 15.3. The van der Waals surface area contributed by atoms with Crippen molar-refractivity contribution in [2.75, 3.05) is 20.3 Å². The maximum atomic E-state index is 10.3. The second-order valence-electron chi connectivity index (χ2n) is 6.27. The van der Waals surface area contributed by atoms with E-state index < -0.39 is 10.4 Å². The highest BCUT2D eigenvalue weighted by atomic mass is 32.3. The number of unbranched alkanes of at least 4 members (excludes halogenated alkanes) is 11. The van der Waals surface area contributed by atoms with E-state index in [1.165, 1.54) is 64.2 Å². The summed E-state index contributed by atoms with van der Waals surface area (Å²) in [4.78, 5) is 0.923. The first kappa shape index (κ1) is 21.8. The van der Waals surface area contributed by atoms with E-state index in [9.17, 15) is 13.0 Å². The minimum Gasteiger partial charge on any atom is -0.725 e. The predicted molar refractivity (Wildman–Crippen MR) is 88.5 cm³/mol. The van der Waals surface area contributed by atoms with Gasteiger partial charge < -0.3 is 9.45 Å². The summed E-state index contributed by atoms with van der Waals surface area (Å²) >= 11 is 0. The highest BCUT2D eigenvalue weighted by Crippen LogP contribution is 2.11. The molecule has 0 aromatic rings. The van der Waals surface area contributed by atoms with E-state index in [4.69, 9.17) is 0 Å². The van der Waals surface area contributed by atoms with Crippen LogP contribution in [0.2, 0.25) is 0 Å². The fourth-order valence-electron chi connectivity index (χ4n) is 2.51. The van der Waals surface area contributed by atoms with Gasteiger partial charge in [-0.3, -0.25) is 0 Å². The predicted octanol–water partition coefficient (Wildman–Crippen LogP) is 2.64. The van der Waals surface area contributed by atoms with E-state index >= 15 is 0 Å². The molecular formula is C16H35NO4S. The van der Waals surface area contributed by atoms with E-state index in [0.717, 1.165) is 24.3 Å². The zero-order valence-electron chi connectivity index (χ0n) is 14.4. The average Bonchev–Trinajstić information content (AvgIpc) is 2.45. The normalized spacial score (nSPS) is 13.4. The molecule has 0 saturated carbocycles. The lowest BCUT2D eigenvalue weighted by Gasteiger charge is -2.14. The maximum absolute atomic E-state index is 10.3. The van der Waals surface area contributed by atoms with Gasteiger partial charge in [-0.2, -0.15) is 0 Å². The molecule has 1 unspecified atom stereocenters. The Kier molecular flexibility index (Phi) is 14.3. The number of hydrogen-bond acceptors (Lipinski definition) is 4. The van der Waals surface area contributed by atoms with Crippen LogP contribution < -0.4 is 4.90 Å². The molecule has 0 bridgehead atoms. The van der Waals surface area contributed by atoms with E-state index in [0.29, 0.717) is 0 Å². The maximum Gasteiger partial charge on any atom is 0.222 e. The van der Waals surface area contributed by atoms with Gasteiger partial charge in [0.25, 0.3) is 0 Å². The monoisotopic (exact) mass is 337 g/mol. The third kappa shape index (κ3) is 17.9. The molecule has 0 aliphatic carbocycles. The lowest BCUT2D eigenvalue weighted by atomic mass is 10.1. The van der Waals surface area contributed by atoms with Crippen molar-refractivity contribution in [3.05, 3.63) is 0 Å². The summed E-state index contributed by atoms with van der Waals surface area (Å²) in [6, 6.07) is 0. The molecule has 0 rings (SSSR count). The Balaban J connectivity index is 3.20. The van der Waals surface area contributed by atoms with Crippen LogP contribution in [-0.2, 0) is 14.6 Å². The van der Waals surface area contributed by atoms with Crippen LogP contribution in [-0.4, -0.2) is 33.3 Å². The zero-order chi connectivity index (χ0) is 16.7. The van der Waals surface area contributed by atoms with Crippen LogP contribution in [0.25, 0.3) is 0 Å². The van der Waals surface area contributed by atoms with Gasteiger partial charge >= 0.3 is 0 Å². The van der Waals surface area contributed by atoms with Gasteiger partial charge in [0.05, 0.1) is 13.6 Å². The van der Waals surface area contributed by atoms with Crippen molar-refractivity contribution in [2.24, 2.45) is 0 Å². The first-order valence-electron chi connectivity index (χ1n) is 8.87. The molecule has 1 atom stereocenters. The van der Waals surface area contributed by atoms with Crippen LogP contribution in [0.5, 0.6) is 0 Å². The third-order valence-electron chi connectivity index (χ3n) is 3.91. The Labute approximate surface area is 137 Å². The van der Waals surface area contributed by atoms with Gasteiger partial charge in [-0.05, 0) is 12.8 Å². The summed E-state index contributed by atoms with van der Waals surface area (Å²) in [6.45, 7) is 3.02. The van der Waals surface area contributed by atoms with Crippen molar-refractivity contribution in [1.29, 1.82) is 0 Å². The van der Waals surface area contributed by atoms with Crippen molar-refractivity contribution < 1.29 is 22.1 Å². The molecule has 0 aliphatic heterocycles. The summed E-state index contributed by atoms with van der Waals surface area (Å²) in [7, 11) is -2.71. The molecule has 0 amide bonds. The van der Waals surface area contributed by atoms with Crippen LogP contribution in [0.3, 0.4) is 0 Å². The first-order valence-corrected chi connectivity index (χ1v) is 10.2. The fraction of sp³-hybridized carbons (Fsp3) is 1.00. The molecule has 1 N–H and O–H groups in total. The average molecular weight is 338 g/mol. The minimum atomic E-state index is -4.55. The molecule has 0 radical (unpaired) electrons. The van der Waals surface area contributed by atoms with Crippen LogP contribution in [0, 0.1) is 0 Å². The number of nitrogens with one attached hydrogen (secondary N) is 1. The highest BCUT2D eigenvalue weighted by molar-refractivity contribution is 7.80. The van der Waals surface area contributed by atoms with Gasteiger partial charge in [0.15, 0.2) is 6.73 Å². The number of rotatable bonds is 16. The molecule has 134 valence electrons. The Bertz CT molecular complexity index is 333. The number of hydrogen-bond donors (Lipinski definition) is 1. The van der Waals surface area contributed by atoms with Gasteiger partial charge in [-0.15, -0.1) is 0 Å². The van der Waals surface area contributed by atoms with Crippen LogP contribution in [0.4, 0.5) is 0 Å². The second kappa shape index (κ2) is 14.4. The number of quaternary nitrogens is 1. The SMILES string of the molecule is CCCCCCCCCCCCCC[NH+](C)COS(=O)(=O)[O-]. The van der Waals surface area contributed by atoms with E-state index in [-0.39, 0.29) is 6.73 Å². The molecule has 0 spiro atoms. The smallest absolute Gasteiger partial charge is 0.222 e. The molecule has 0 fully saturated rings. The summed E-state index contributed by atoms with van der Waals surface area (Å²) in [5.41, 5.74) is 0. The topological polar surface area (TPSA) is 70.9 Å². The quantitative estimate of drug-likeness (QED) is 0.203. The molecule has 0 aromatic heterocycles. The van der Waals surface area contributed by atoms with Gasteiger partial charge in [0, 0.05) is 0 Å². The van der Waals surface area contributed by atoms with Crippen LogP contribution >= 0.6 is 0 Å². The van der Waals surface area contributed by atoms with Gasteiger partial charge in [0.2, 0.25) is 10.4 Å². The minimum absolute atomic E-state index is 0.0656. The molecule has 0 aromatic carbocycles. The van der Waals surface area contributed by atoms with Crippen LogP contribution in [0.15, 0.2) is 0 Å². The van der Waals surface area contributed by atoms with E-state index in [1.807, 2.05) is 7.05 Å². The Hall–Kier alpha value is -0.170. The van der Waals surface area contributed by atoms with Crippen molar-refractivity contribution in [1.82, 2.24) is 0 Å². The fourth-order valence-corrected chi connectivity index (χ4v) is 2.86. The van der Waals surface area contributed by atoms with Crippen LogP contribution in [0.1, 0.15) is 84.0 Å².